The molecule has 1 fully saturated rings. The van der Waals surface area contributed by atoms with E-state index in [4.69, 9.17) is 8.80 Å². The number of allylic oxidation sites excluding steroid dienone is 2. The molecule has 1 saturated carbocycles. The number of carbonyl (C=O) groups excluding carboxylic acids is 1. The molecule has 2 aliphatic carbocycles. The van der Waals surface area contributed by atoms with E-state index in [1.54, 1.807) is 6.08 Å². The summed E-state index contributed by atoms with van der Waals surface area (Å²) in [5.41, 5.74) is 8.68. The van der Waals surface area contributed by atoms with E-state index in [0.717, 1.165) is 75.8 Å². The van der Waals surface area contributed by atoms with E-state index in [1.165, 1.54) is 11.8 Å². The summed E-state index contributed by atoms with van der Waals surface area (Å²) in [7, 11) is 1.97. The Kier molecular flexibility index (Phi) is 11.9. The number of fused-ring (bicyclic) bond motifs is 1. The summed E-state index contributed by atoms with van der Waals surface area (Å²) in [5.74, 6) is 0.849. The number of aliphatic imine (C=N–C) groups is 1. The Morgan fingerprint density at radius 3 is 3.03 bits per heavy atom. The SMILES string of the molecule is C=C/N=C(N)\C=C/CCCN(CCO)CCC1(OI)CCC(CNC(=O)c2cc3c(n2C)C=CCC3)C1. The van der Waals surface area contributed by atoms with Gasteiger partial charge >= 0.3 is 0 Å². The first kappa shape index (κ1) is 29.6. The molecule has 1 aromatic heterocycles. The highest BCUT2D eigenvalue weighted by Crippen LogP contribution is 2.41. The van der Waals surface area contributed by atoms with Crippen LogP contribution in [0.3, 0.4) is 0 Å². The largest absolute Gasteiger partial charge is 0.395 e. The molecule has 8 nitrogen and oxygen atoms in total. The van der Waals surface area contributed by atoms with Crippen molar-refractivity contribution in [3.8, 4) is 0 Å². The maximum atomic E-state index is 12.9. The van der Waals surface area contributed by atoms with Gasteiger partial charge in [0.25, 0.3) is 5.91 Å². The molecule has 204 valence electrons. The van der Waals surface area contributed by atoms with Crippen molar-refractivity contribution in [3.05, 3.63) is 54.0 Å². The fourth-order valence-electron chi connectivity index (χ4n) is 5.41. The Morgan fingerprint density at radius 2 is 2.30 bits per heavy atom. The normalized spacial score (nSPS) is 21.6. The first-order chi connectivity index (χ1) is 17.9. The number of carbonyl (C=O) groups is 1. The minimum absolute atomic E-state index is 0.00103. The molecule has 2 aliphatic rings. The number of amides is 1. The average Bonchev–Trinajstić information content (AvgIpc) is 3.47. The number of halogens is 1. The zero-order chi connectivity index (χ0) is 26.7. The summed E-state index contributed by atoms with van der Waals surface area (Å²) in [4.78, 5) is 19.2. The van der Waals surface area contributed by atoms with Crippen LogP contribution in [0.1, 0.15) is 66.7 Å². The number of hydrogen-bond acceptors (Lipinski definition) is 5. The van der Waals surface area contributed by atoms with Crippen molar-refractivity contribution < 1.29 is 13.0 Å². The maximum Gasteiger partial charge on any atom is 0.267 e. The minimum atomic E-state index is -0.186. The summed E-state index contributed by atoms with van der Waals surface area (Å²) in [6.07, 6.45) is 17.3. The van der Waals surface area contributed by atoms with Gasteiger partial charge in [0, 0.05) is 38.6 Å². The summed E-state index contributed by atoms with van der Waals surface area (Å²) in [6.45, 7) is 6.76. The molecule has 0 saturated heterocycles. The second kappa shape index (κ2) is 14.8. The number of amidine groups is 1. The molecule has 2 atom stereocenters. The highest BCUT2D eigenvalue weighted by Gasteiger charge is 2.40. The lowest BCUT2D eigenvalue weighted by atomic mass is 9.95. The summed E-state index contributed by atoms with van der Waals surface area (Å²) >= 11 is 2.04. The number of aliphatic hydroxyl groups is 1. The molecule has 1 amide bonds. The molecular weight excluding hydrogens is 581 g/mol. The second-order valence-electron chi connectivity index (χ2n) is 10.1. The third-order valence-electron chi connectivity index (χ3n) is 7.51. The fraction of sp³-hybridized carbons (Fsp3) is 0.571. The van der Waals surface area contributed by atoms with E-state index in [0.29, 0.717) is 24.8 Å². The Balaban J connectivity index is 1.45. The lowest BCUT2D eigenvalue weighted by Crippen LogP contribution is -2.36. The minimum Gasteiger partial charge on any atom is -0.395 e. The van der Waals surface area contributed by atoms with Crippen LogP contribution >= 0.6 is 23.0 Å². The van der Waals surface area contributed by atoms with Gasteiger partial charge in [-0.1, -0.05) is 18.7 Å². The zero-order valence-electron chi connectivity index (χ0n) is 22.0. The van der Waals surface area contributed by atoms with Crippen LogP contribution in [0.4, 0.5) is 0 Å². The van der Waals surface area contributed by atoms with Gasteiger partial charge in [0.05, 0.1) is 12.2 Å². The number of unbranched alkanes of at least 4 members (excludes halogenated alkanes) is 1. The monoisotopic (exact) mass is 623 g/mol. The number of nitrogens with two attached hydrogens (primary N) is 1. The molecular formula is C28H42IN5O3. The summed E-state index contributed by atoms with van der Waals surface area (Å²) in [6, 6.07) is 2.04. The highest BCUT2D eigenvalue weighted by atomic mass is 127. The van der Waals surface area contributed by atoms with Crippen LogP contribution < -0.4 is 11.1 Å². The van der Waals surface area contributed by atoms with Gasteiger partial charge in [-0.2, -0.15) is 0 Å². The number of nitrogens with one attached hydrogen (secondary N) is 1. The summed E-state index contributed by atoms with van der Waals surface area (Å²) in [5, 5.41) is 12.7. The van der Waals surface area contributed by atoms with Crippen molar-refractivity contribution in [2.45, 2.75) is 57.0 Å². The van der Waals surface area contributed by atoms with Gasteiger partial charge in [0.15, 0.2) is 0 Å². The highest BCUT2D eigenvalue weighted by molar-refractivity contribution is 14.1. The first-order valence-corrected chi connectivity index (χ1v) is 14.2. The van der Waals surface area contributed by atoms with Crippen molar-refractivity contribution in [3.63, 3.8) is 0 Å². The number of rotatable bonds is 15. The third-order valence-corrected chi connectivity index (χ3v) is 8.44. The molecule has 2 unspecified atom stereocenters. The quantitative estimate of drug-likeness (QED) is 0.118. The van der Waals surface area contributed by atoms with Crippen LogP contribution in [-0.4, -0.2) is 64.7 Å². The van der Waals surface area contributed by atoms with Gasteiger partial charge in [-0.05, 0) is 87.6 Å². The standard InChI is InChI=1S/C28H42IN5O3/c1-3-31-26(30)11-5-4-8-15-34(17-18-35)16-14-28(37-29)13-12-22(20-28)21-32-27(36)25-19-23-9-6-7-10-24(23)33(25)2/h3,5,7,10-11,19,22,35H,1,4,6,8-9,12-18,20-21H2,2H3,(H2,30,31)(H,32,36)/b11-5-. The van der Waals surface area contributed by atoms with Crippen molar-refractivity contribution >= 4 is 40.8 Å². The predicted molar refractivity (Wildman–Crippen MR) is 159 cm³/mol. The van der Waals surface area contributed by atoms with Crippen LogP contribution in [0.25, 0.3) is 6.08 Å². The van der Waals surface area contributed by atoms with Gasteiger partial charge in [0.2, 0.25) is 0 Å². The van der Waals surface area contributed by atoms with Crippen LogP contribution in [0.15, 0.2) is 42.1 Å². The Labute approximate surface area is 235 Å². The molecule has 4 N–H and O–H groups in total. The molecule has 0 aliphatic heterocycles. The molecule has 0 aromatic carbocycles. The maximum absolute atomic E-state index is 12.9. The number of aliphatic hydroxyl groups excluding tert-OH is 1. The molecule has 1 aromatic rings. The first-order valence-electron chi connectivity index (χ1n) is 13.3. The van der Waals surface area contributed by atoms with Gasteiger partial charge in [-0.3, -0.25) is 4.79 Å². The van der Waals surface area contributed by atoms with Gasteiger partial charge in [0.1, 0.15) is 34.5 Å². The number of aromatic nitrogens is 1. The molecule has 9 heteroatoms. The fourth-order valence-corrected chi connectivity index (χ4v) is 6.03. The van der Waals surface area contributed by atoms with Crippen molar-refractivity contribution in [1.29, 1.82) is 0 Å². The van der Waals surface area contributed by atoms with E-state index in [9.17, 15) is 9.90 Å². The predicted octanol–water partition coefficient (Wildman–Crippen LogP) is 4.14. The van der Waals surface area contributed by atoms with Crippen LogP contribution in [-0.2, 0) is 16.5 Å². The molecule has 0 radical (unpaired) electrons. The van der Waals surface area contributed by atoms with Crippen molar-refractivity contribution in [2.75, 3.05) is 32.8 Å². The van der Waals surface area contributed by atoms with Gasteiger partial charge < -0.3 is 28.7 Å². The van der Waals surface area contributed by atoms with Gasteiger partial charge in [-0.25, -0.2) is 4.99 Å². The smallest absolute Gasteiger partial charge is 0.267 e. The number of hydrogen-bond donors (Lipinski definition) is 3. The lowest BCUT2D eigenvalue weighted by Gasteiger charge is -2.30. The van der Waals surface area contributed by atoms with E-state index >= 15 is 0 Å². The Bertz CT molecular complexity index is 1000. The van der Waals surface area contributed by atoms with E-state index < -0.39 is 0 Å². The number of nitrogens with zero attached hydrogens (tertiary/aromatic N) is 3. The topological polar surface area (TPSA) is 105 Å². The molecule has 0 spiro atoms. The average molecular weight is 624 g/mol. The van der Waals surface area contributed by atoms with E-state index in [1.807, 2.05) is 46.8 Å². The van der Waals surface area contributed by atoms with Gasteiger partial charge in [-0.15, -0.1) is 0 Å². The Morgan fingerprint density at radius 1 is 1.46 bits per heavy atom. The Hall–Kier alpha value is -1.95. The molecule has 1 heterocycles. The summed E-state index contributed by atoms with van der Waals surface area (Å²) < 4.78 is 8.03. The number of aryl methyl sites for hydroxylation is 1. The third kappa shape index (κ3) is 8.53. The second-order valence-corrected chi connectivity index (χ2v) is 10.6. The molecule has 37 heavy (non-hydrogen) atoms. The lowest BCUT2D eigenvalue weighted by molar-refractivity contribution is 0.0876. The van der Waals surface area contributed by atoms with Crippen molar-refractivity contribution in [2.24, 2.45) is 23.7 Å². The van der Waals surface area contributed by atoms with Crippen LogP contribution in [0.5, 0.6) is 0 Å². The van der Waals surface area contributed by atoms with E-state index in [-0.39, 0.29) is 18.1 Å². The van der Waals surface area contributed by atoms with E-state index in [2.05, 4.69) is 33.9 Å². The van der Waals surface area contributed by atoms with Crippen LogP contribution in [0.2, 0.25) is 0 Å². The molecule has 0 bridgehead atoms. The molecule has 3 rings (SSSR count). The van der Waals surface area contributed by atoms with Crippen LogP contribution in [0, 0.1) is 5.92 Å². The van der Waals surface area contributed by atoms with Crippen molar-refractivity contribution in [1.82, 2.24) is 14.8 Å². The zero-order valence-corrected chi connectivity index (χ0v) is 24.2.